The van der Waals surface area contributed by atoms with Crippen molar-refractivity contribution in [2.75, 3.05) is 19.8 Å². The minimum absolute atomic E-state index is 0.00153. The Morgan fingerprint density at radius 3 is 2.15 bits per heavy atom. The Bertz CT molecular complexity index is 990. The van der Waals surface area contributed by atoms with Crippen LogP contribution in [0.1, 0.15) is 50.2 Å². The number of rotatable bonds is 11. The van der Waals surface area contributed by atoms with Gasteiger partial charge < -0.3 is 25.6 Å². The topological polar surface area (TPSA) is 125 Å². The molecule has 0 saturated carbocycles. The van der Waals surface area contributed by atoms with Crippen molar-refractivity contribution in [3.63, 3.8) is 0 Å². The van der Waals surface area contributed by atoms with E-state index in [1.165, 1.54) is 11.1 Å². The third-order valence-corrected chi connectivity index (χ3v) is 6.26. The predicted octanol–water partition coefficient (Wildman–Crippen LogP) is 3.28. The van der Waals surface area contributed by atoms with Gasteiger partial charge in [0.15, 0.2) is 0 Å². The van der Waals surface area contributed by atoms with E-state index in [0.29, 0.717) is 19.4 Å². The van der Waals surface area contributed by atoms with Crippen LogP contribution in [0, 0.1) is 5.41 Å². The standard InChI is InChI=1S/C26H32N2O6/c1-26(2,12-11-23(30)28-22(15-29)24(31)32)13-14-27-25(33)34-16-21-19-9-5-3-7-17(19)18-8-4-6-10-20(18)21/h3-10,21-22,29H,11-16H2,1-2H3,(H,27,33)(H,28,30)(H,31,32)/t22-/m0/s1. The molecule has 2 amide bonds. The van der Waals surface area contributed by atoms with Crippen LogP contribution < -0.4 is 10.6 Å². The lowest BCUT2D eigenvalue weighted by molar-refractivity contribution is -0.143. The van der Waals surface area contributed by atoms with E-state index in [4.69, 9.17) is 14.9 Å². The number of carbonyl (C=O) groups is 3. The molecule has 3 rings (SSSR count). The summed E-state index contributed by atoms with van der Waals surface area (Å²) < 4.78 is 5.54. The Hall–Kier alpha value is -3.39. The smallest absolute Gasteiger partial charge is 0.407 e. The summed E-state index contributed by atoms with van der Waals surface area (Å²) in [4.78, 5) is 35.2. The molecule has 2 aromatic rings. The number of amides is 2. The van der Waals surface area contributed by atoms with Crippen LogP contribution in [0.15, 0.2) is 48.5 Å². The van der Waals surface area contributed by atoms with Crippen molar-refractivity contribution in [2.24, 2.45) is 5.41 Å². The number of carbonyl (C=O) groups excluding carboxylic acids is 2. The summed E-state index contributed by atoms with van der Waals surface area (Å²) in [6.45, 7) is 3.92. The number of ether oxygens (including phenoxy) is 1. The molecule has 182 valence electrons. The monoisotopic (exact) mass is 468 g/mol. The number of fused-ring (bicyclic) bond motifs is 3. The zero-order chi connectivity index (χ0) is 24.7. The van der Waals surface area contributed by atoms with Gasteiger partial charge in [0.05, 0.1) is 6.61 Å². The molecule has 2 aromatic carbocycles. The number of aliphatic hydroxyl groups is 1. The van der Waals surface area contributed by atoms with Crippen molar-refractivity contribution in [3.8, 4) is 11.1 Å². The fraction of sp³-hybridized carbons (Fsp3) is 0.423. The summed E-state index contributed by atoms with van der Waals surface area (Å²) in [5, 5.41) is 23.0. The van der Waals surface area contributed by atoms with Gasteiger partial charge in [-0.15, -0.1) is 0 Å². The van der Waals surface area contributed by atoms with Crippen molar-refractivity contribution < 1.29 is 29.3 Å². The van der Waals surface area contributed by atoms with Crippen LogP contribution in [0.5, 0.6) is 0 Å². The summed E-state index contributed by atoms with van der Waals surface area (Å²) in [5.74, 6) is -1.71. The van der Waals surface area contributed by atoms with Crippen molar-refractivity contribution in [2.45, 2.75) is 45.1 Å². The van der Waals surface area contributed by atoms with E-state index >= 15 is 0 Å². The molecule has 8 nitrogen and oxygen atoms in total. The highest BCUT2D eigenvalue weighted by Gasteiger charge is 2.29. The maximum absolute atomic E-state index is 12.3. The van der Waals surface area contributed by atoms with Crippen LogP contribution in [0.4, 0.5) is 4.79 Å². The molecular weight excluding hydrogens is 436 g/mol. The highest BCUT2D eigenvalue weighted by atomic mass is 16.5. The molecular formula is C26H32N2O6. The van der Waals surface area contributed by atoms with Gasteiger partial charge in [-0.25, -0.2) is 9.59 Å². The number of aliphatic hydroxyl groups excluding tert-OH is 1. The molecule has 4 N–H and O–H groups in total. The molecule has 34 heavy (non-hydrogen) atoms. The van der Waals surface area contributed by atoms with Crippen molar-refractivity contribution >= 4 is 18.0 Å². The second-order valence-corrected chi connectivity index (χ2v) is 9.31. The number of alkyl carbamates (subject to hydrolysis) is 1. The van der Waals surface area contributed by atoms with Gasteiger partial charge in [-0.3, -0.25) is 4.79 Å². The van der Waals surface area contributed by atoms with E-state index in [1.807, 2.05) is 38.1 Å². The first kappa shape index (κ1) is 25.2. The first-order valence-electron chi connectivity index (χ1n) is 11.4. The third kappa shape index (κ3) is 6.35. The summed E-state index contributed by atoms with van der Waals surface area (Å²) >= 11 is 0. The molecule has 0 aromatic heterocycles. The molecule has 0 spiro atoms. The maximum Gasteiger partial charge on any atom is 0.407 e. The average molecular weight is 469 g/mol. The van der Waals surface area contributed by atoms with Gasteiger partial charge in [0.1, 0.15) is 12.6 Å². The second-order valence-electron chi connectivity index (χ2n) is 9.31. The van der Waals surface area contributed by atoms with Crippen LogP contribution in [0.2, 0.25) is 0 Å². The van der Waals surface area contributed by atoms with Gasteiger partial charge in [0, 0.05) is 18.9 Å². The van der Waals surface area contributed by atoms with Crippen LogP contribution in [0.3, 0.4) is 0 Å². The van der Waals surface area contributed by atoms with Crippen molar-refractivity contribution in [1.29, 1.82) is 0 Å². The molecule has 0 fully saturated rings. The van der Waals surface area contributed by atoms with Crippen LogP contribution >= 0.6 is 0 Å². The van der Waals surface area contributed by atoms with Gasteiger partial charge in [-0.2, -0.15) is 0 Å². The Balaban J connectivity index is 1.42. The average Bonchev–Trinajstić information content (AvgIpc) is 3.13. The summed E-state index contributed by atoms with van der Waals surface area (Å²) in [5.41, 5.74) is 4.40. The van der Waals surface area contributed by atoms with E-state index in [1.54, 1.807) is 0 Å². The minimum atomic E-state index is -1.30. The van der Waals surface area contributed by atoms with Crippen LogP contribution in [-0.4, -0.2) is 54.0 Å². The molecule has 0 radical (unpaired) electrons. The number of aliphatic carboxylic acids is 1. The van der Waals surface area contributed by atoms with E-state index in [-0.39, 0.29) is 24.4 Å². The number of hydrogen-bond donors (Lipinski definition) is 4. The molecule has 1 aliphatic carbocycles. The summed E-state index contributed by atoms with van der Waals surface area (Å²) in [6, 6.07) is 15.0. The number of carboxylic acids is 1. The second kappa shape index (κ2) is 11.2. The van der Waals surface area contributed by atoms with E-state index < -0.39 is 30.6 Å². The van der Waals surface area contributed by atoms with Crippen molar-refractivity contribution in [1.82, 2.24) is 10.6 Å². The molecule has 1 atom stereocenters. The van der Waals surface area contributed by atoms with Crippen LogP contribution in [0.25, 0.3) is 11.1 Å². The molecule has 0 heterocycles. The zero-order valence-corrected chi connectivity index (χ0v) is 19.5. The Morgan fingerprint density at radius 1 is 1.00 bits per heavy atom. The fourth-order valence-corrected chi connectivity index (χ4v) is 4.18. The predicted molar refractivity (Wildman–Crippen MR) is 127 cm³/mol. The fourth-order valence-electron chi connectivity index (χ4n) is 4.18. The maximum atomic E-state index is 12.3. The lowest BCUT2D eigenvalue weighted by atomic mass is 9.84. The Morgan fingerprint density at radius 2 is 1.59 bits per heavy atom. The number of benzene rings is 2. The van der Waals surface area contributed by atoms with E-state index in [9.17, 15) is 14.4 Å². The largest absolute Gasteiger partial charge is 0.480 e. The van der Waals surface area contributed by atoms with Crippen LogP contribution in [-0.2, 0) is 14.3 Å². The van der Waals surface area contributed by atoms with Gasteiger partial charge in [0.2, 0.25) is 5.91 Å². The molecule has 0 unspecified atom stereocenters. The third-order valence-electron chi connectivity index (χ3n) is 6.26. The highest BCUT2D eigenvalue weighted by molar-refractivity contribution is 5.83. The number of carboxylic acid groups (broad SMARTS) is 1. The van der Waals surface area contributed by atoms with Gasteiger partial charge in [-0.05, 0) is 40.5 Å². The molecule has 1 aliphatic rings. The summed E-state index contributed by atoms with van der Waals surface area (Å²) in [6.07, 6.45) is 0.764. The highest BCUT2D eigenvalue weighted by Crippen LogP contribution is 2.44. The Kier molecular flexibility index (Phi) is 8.28. The number of hydrogen-bond acceptors (Lipinski definition) is 5. The number of nitrogens with one attached hydrogen (secondary N) is 2. The van der Waals surface area contributed by atoms with E-state index in [0.717, 1.165) is 11.1 Å². The minimum Gasteiger partial charge on any atom is -0.480 e. The molecule has 0 bridgehead atoms. The lowest BCUT2D eigenvalue weighted by Gasteiger charge is -2.24. The van der Waals surface area contributed by atoms with Gasteiger partial charge in [0.25, 0.3) is 0 Å². The lowest BCUT2D eigenvalue weighted by Crippen LogP contribution is -2.43. The summed E-state index contributed by atoms with van der Waals surface area (Å²) in [7, 11) is 0. The molecule has 8 heteroatoms. The van der Waals surface area contributed by atoms with Gasteiger partial charge >= 0.3 is 12.1 Å². The molecule has 0 saturated heterocycles. The first-order chi connectivity index (χ1) is 16.2. The SMILES string of the molecule is CC(C)(CCNC(=O)OCC1c2ccccc2-c2ccccc21)CCC(=O)N[C@@H](CO)C(=O)O. The van der Waals surface area contributed by atoms with E-state index in [2.05, 4.69) is 34.9 Å². The molecule has 0 aliphatic heterocycles. The zero-order valence-electron chi connectivity index (χ0n) is 19.5. The first-order valence-corrected chi connectivity index (χ1v) is 11.4. The van der Waals surface area contributed by atoms with Gasteiger partial charge in [-0.1, -0.05) is 62.4 Å². The quantitative estimate of drug-likeness (QED) is 0.401. The normalized spacial score (nSPS) is 13.5. The van der Waals surface area contributed by atoms with Crippen molar-refractivity contribution in [3.05, 3.63) is 59.7 Å². The Labute approximate surface area is 199 Å².